The van der Waals surface area contributed by atoms with E-state index in [0.717, 1.165) is 28.4 Å². The van der Waals surface area contributed by atoms with Gasteiger partial charge in [-0.15, -0.1) is 0 Å². The minimum absolute atomic E-state index is 0.139. The number of hydrogen-bond acceptors (Lipinski definition) is 5. The van der Waals surface area contributed by atoms with Crippen molar-refractivity contribution in [3.63, 3.8) is 0 Å². The minimum Gasteiger partial charge on any atom is -0.497 e. The third-order valence-electron chi connectivity index (χ3n) is 3.43. The number of fused-ring (bicyclic) bond motifs is 1. The summed E-state index contributed by atoms with van der Waals surface area (Å²) in [7, 11) is 3.10. The highest BCUT2D eigenvalue weighted by atomic mass is 32.2. The Morgan fingerprint density at radius 2 is 1.96 bits per heavy atom. The van der Waals surface area contributed by atoms with Gasteiger partial charge in [0.25, 0.3) is 0 Å². The maximum absolute atomic E-state index is 12.5. The summed E-state index contributed by atoms with van der Waals surface area (Å²) >= 11 is 1.04. The third-order valence-corrected chi connectivity index (χ3v) is 4.23. The van der Waals surface area contributed by atoms with Crippen molar-refractivity contribution in [2.24, 2.45) is 0 Å². The van der Waals surface area contributed by atoms with Crippen molar-refractivity contribution in [3.05, 3.63) is 47.5 Å². The van der Waals surface area contributed by atoms with Crippen molar-refractivity contribution in [3.8, 4) is 11.5 Å². The number of rotatable bonds is 4. The van der Waals surface area contributed by atoms with Crippen molar-refractivity contribution >= 4 is 27.9 Å². The van der Waals surface area contributed by atoms with Crippen LogP contribution in [0.4, 0.5) is 0 Å². The number of imidazole rings is 1. The number of nitrogens with one attached hydrogen (secondary N) is 1. The van der Waals surface area contributed by atoms with Crippen LogP contribution in [-0.2, 0) is 0 Å². The number of aromatic amines is 1. The first-order valence-electron chi connectivity index (χ1n) is 7.01. The minimum atomic E-state index is -0.139. The van der Waals surface area contributed by atoms with Gasteiger partial charge in [0.05, 0.1) is 30.8 Å². The number of ether oxygens (including phenoxy) is 2. The molecule has 6 heteroatoms. The van der Waals surface area contributed by atoms with Gasteiger partial charge in [0.2, 0.25) is 5.12 Å². The van der Waals surface area contributed by atoms with Crippen molar-refractivity contribution in [2.45, 2.75) is 12.1 Å². The second kappa shape index (κ2) is 6.34. The lowest BCUT2D eigenvalue weighted by molar-refractivity contribution is 0.108. The Kier molecular flexibility index (Phi) is 4.25. The Labute approximate surface area is 138 Å². The predicted molar refractivity (Wildman–Crippen MR) is 90.6 cm³/mol. The van der Waals surface area contributed by atoms with Crippen LogP contribution in [0.3, 0.4) is 0 Å². The lowest BCUT2D eigenvalue weighted by atomic mass is 10.2. The molecular weight excluding hydrogens is 312 g/mol. The van der Waals surface area contributed by atoms with Gasteiger partial charge >= 0.3 is 0 Å². The molecule has 1 N–H and O–H groups in total. The van der Waals surface area contributed by atoms with Crippen molar-refractivity contribution < 1.29 is 14.3 Å². The van der Waals surface area contributed by atoms with E-state index in [1.54, 1.807) is 25.3 Å². The van der Waals surface area contributed by atoms with Crippen LogP contribution in [0.15, 0.2) is 41.6 Å². The van der Waals surface area contributed by atoms with Gasteiger partial charge < -0.3 is 14.5 Å². The molecule has 2 aromatic carbocycles. The van der Waals surface area contributed by atoms with Crippen molar-refractivity contribution in [1.82, 2.24) is 9.97 Å². The summed E-state index contributed by atoms with van der Waals surface area (Å²) in [6.07, 6.45) is 0. The van der Waals surface area contributed by atoms with E-state index in [2.05, 4.69) is 9.97 Å². The molecule has 1 aromatic heterocycles. The molecule has 0 aliphatic heterocycles. The Hall–Kier alpha value is -2.47. The average molecular weight is 328 g/mol. The van der Waals surface area contributed by atoms with Gasteiger partial charge in [0, 0.05) is 6.07 Å². The molecule has 0 atom stereocenters. The summed E-state index contributed by atoms with van der Waals surface area (Å²) in [4.78, 5) is 20.1. The summed E-state index contributed by atoms with van der Waals surface area (Å²) in [6.45, 7) is 2.01. The molecule has 3 rings (SSSR count). The molecule has 0 bridgehead atoms. The zero-order valence-corrected chi connectivity index (χ0v) is 13.9. The Morgan fingerprint density at radius 3 is 2.70 bits per heavy atom. The van der Waals surface area contributed by atoms with Gasteiger partial charge in [-0.2, -0.15) is 0 Å². The maximum Gasteiger partial charge on any atom is 0.230 e. The van der Waals surface area contributed by atoms with Crippen LogP contribution >= 0.6 is 11.8 Å². The molecule has 1 heterocycles. The zero-order chi connectivity index (χ0) is 16.4. The molecule has 0 saturated carbocycles. The normalized spacial score (nSPS) is 10.7. The Morgan fingerprint density at radius 1 is 1.13 bits per heavy atom. The van der Waals surface area contributed by atoms with Crippen molar-refractivity contribution in [1.29, 1.82) is 0 Å². The molecule has 0 unspecified atom stereocenters. The predicted octanol–water partition coefficient (Wildman–Crippen LogP) is 3.82. The summed E-state index contributed by atoms with van der Waals surface area (Å²) in [5.41, 5.74) is 3.38. The van der Waals surface area contributed by atoms with E-state index in [1.807, 2.05) is 25.1 Å². The third kappa shape index (κ3) is 3.17. The Bertz CT molecular complexity index is 873. The second-order valence-electron chi connectivity index (χ2n) is 5.02. The molecule has 0 aliphatic rings. The molecule has 5 nitrogen and oxygen atoms in total. The standard InChI is InChI=1S/C17H16N2O3S/c1-10-4-7-13-14(8-10)19-17(18-13)23-16(20)12-6-5-11(21-2)9-15(12)22-3/h4-9H,1-3H3,(H,18,19). The fourth-order valence-electron chi connectivity index (χ4n) is 2.26. The topological polar surface area (TPSA) is 64.2 Å². The van der Waals surface area contributed by atoms with E-state index in [4.69, 9.17) is 9.47 Å². The van der Waals surface area contributed by atoms with Crippen LogP contribution in [0.25, 0.3) is 11.0 Å². The maximum atomic E-state index is 12.5. The fourth-order valence-corrected chi connectivity index (χ4v) is 3.02. The monoisotopic (exact) mass is 328 g/mol. The number of carbonyl (C=O) groups is 1. The summed E-state index contributed by atoms with van der Waals surface area (Å²) in [5, 5.41) is 0.425. The quantitative estimate of drug-likeness (QED) is 0.738. The molecule has 0 radical (unpaired) electrons. The number of thioether (sulfide) groups is 1. The van der Waals surface area contributed by atoms with Gasteiger partial charge in [0.15, 0.2) is 5.16 Å². The number of aromatic nitrogens is 2. The van der Waals surface area contributed by atoms with E-state index in [0.29, 0.717) is 22.2 Å². The van der Waals surface area contributed by atoms with Crippen LogP contribution in [0.1, 0.15) is 15.9 Å². The highest BCUT2D eigenvalue weighted by Crippen LogP contribution is 2.30. The SMILES string of the molecule is COc1ccc(C(=O)Sc2nc3ccc(C)cc3[nH]2)c(OC)c1. The highest BCUT2D eigenvalue weighted by molar-refractivity contribution is 8.14. The van der Waals surface area contributed by atoms with E-state index in [1.165, 1.54) is 7.11 Å². The van der Waals surface area contributed by atoms with E-state index in [-0.39, 0.29) is 5.12 Å². The highest BCUT2D eigenvalue weighted by Gasteiger charge is 2.17. The van der Waals surface area contributed by atoms with Gasteiger partial charge in [-0.05, 0) is 48.5 Å². The fraction of sp³-hybridized carbons (Fsp3) is 0.176. The molecule has 0 spiro atoms. The molecule has 0 fully saturated rings. The van der Waals surface area contributed by atoms with E-state index >= 15 is 0 Å². The van der Waals surface area contributed by atoms with Crippen LogP contribution < -0.4 is 9.47 Å². The molecule has 0 amide bonds. The van der Waals surface area contributed by atoms with Crippen LogP contribution in [-0.4, -0.2) is 29.3 Å². The molecule has 23 heavy (non-hydrogen) atoms. The molecular formula is C17H16N2O3S. The van der Waals surface area contributed by atoms with Crippen molar-refractivity contribution in [2.75, 3.05) is 14.2 Å². The first-order valence-corrected chi connectivity index (χ1v) is 7.83. The average Bonchev–Trinajstić information content (AvgIpc) is 2.95. The number of carbonyl (C=O) groups excluding carboxylic acids is 1. The largest absolute Gasteiger partial charge is 0.497 e. The summed E-state index contributed by atoms with van der Waals surface area (Å²) < 4.78 is 10.4. The summed E-state index contributed by atoms with van der Waals surface area (Å²) in [5.74, 6) is 1.12. The molecule has 118 valence electrons. The lowest BCUT2D eigenvalue weighted by Crippen LogP contribution is -1.99. The van der Waals surface area contributed by atoms with Crippen LogP contribution in [0.2, 0.25) is 0 Å². The number of benzene rings is 2. The smallest absolute Gasteiger partial charge is 0.230 e. The number of nitrogens with zero attached hydrogens (tertiary/aromatic N) is 1. The zero-order valence-electron chi connectivity index (χ0n) is 13.0. The van der Waals surface area contributed by atoms with Gasteiger partial charge in [-0.3, -0.25) is 4.79 Å². The molecule has 0 aliphatic carbocycles. The van der Waals surface area contributed by atoms with E-state index in [9.17, 15) is 4.79 Å². The van der Waals surface area contributed by atoms with Crippen LogP contribution in [0, 0.1) is 6.92 Å². The van der Waals surface area contributed by atoms with Gasteiger partial charge in [0.1, 0.15) is 11.5 Å². The first-order chi connectivity index (χ1) is 11.1. The number of methoxy groups -OCH3 is 2. The first kappa shape index (κ1) is 15.4. The van der Waals surface area contributed by atoms with Crippen LogP contribution in [0.5, 0.6) is 11.5 Å². The molecule has 0 saturated heterocycles. The van der Waals surface area contributed by atoms with E-state index < -0.39 is 0 Å². The second-order valence-corrected chi connectivity index (χ2v) is 5.98. The van der Waals surface area contributed by atoms with Gasteiger partial charge in [-0.25, -0.2) is 4.98 Å². The van der Waals surface area contributed by atoms with Gasteiger partial charge in [-0.1, -0.05) is 6.07 Å². The number of H-pyrrole nitrogens is 1. The summed E-state index contributed by atoms with van der Waals surface area (Å²) in [6, 6.07) is 11.0. The lowest BCUT2D eigenvalue weighted by Gasteiger charge is -2.08. The Balaban J connectivity index is 1.88. The number of aryl methyl sites for hydroxylation is 1. The number of hydrogen-bond donors (Lipinski definition) is 1. The molecule has 3 aromatic rings.